The molecule has 1 aromatic rings. The molecule has 20 heavy (non-hydrogen) atoms. The quantitative estimate of drug-likeness (QED) is 0.834. The number of hydrogen-bond acceptors (Lipinski definition) is 3. The predicted octanol–water partition coefficient (Wildman–Crippen LogP) is 1.84. The minimum atomic E-state index is 0.206. The first-order valence-corrected chi connectivity index (χ1v) is 7.44. The van der Waals surface area contributed by atoms with Crippen LogP contribution in [-0.2, 0) is 16.0 Å². The highest BCUT2D eigenvalue weighted by Crippen LogP contribution is 2.30. The molecule has 1 heterocycles. The number of amides is 1. The molecule has 0 aromatic heterocycles. The van der Waals surface area contributed by atoms with Crippen molar-refractivity contribution in [2.45, 2.75) is 31.7 Å². The summed E-state index contributed by atoms with van der Waals surface area (Å²) in [5.74, 6) is 0.713. The number of ether oxygens (including phenoxy) is 1. The van der Waals surface area contributed by atoms with E-state index in [1.807, 2.05) is 24.3 Å². The van der Waals surface area contributed by atoms with Crippen LogP contribution in [0.3, 0.4) is 0 Å². The first kappa shape index (κ1) is 13.4. The molecular weight excluding hydrogens is 252 g/mol. The third kappa shape index (κ3) is 3.12. The third-order valence-corrected chi connectivity index (χ3v) is 4.18. The van der Waals surface area contributed by atoms with Crippen LogP contribution in [0.4, 0.5) is 5.69 Å². The SMILES string of the molecule is Nc1ccccc1CC(=O)N(CC1CCOC1)C1CC1. The fourth-order valence-corrected chi connectivity index (χ4v) is 2.81. The maximum absolute atomic E-state index is 12.6. The van der Waals surface area contributed by atoms with Gasteiger partial charge in [-0.3, -0.25) is 4.79 Å². The van der Waals surface area contributed by atoms with Crippen molar-refractivity contribution in [3.05, 3.63) is 29.8 Å². The number of hydrogen-bond donors (Lipinski definition) is 1. The number of para-hydroxylation sites is 1. The summed E-state index contributed by atoms with van der Waals surface area (Å²) in [6, 6.07) is 8.09. The molecule has 0 spiro atoms. The summed E-state index contributed by atoms with van der Waals surface area (Å²) >= 11 is 0. The molecule has 1 unspecified atom stereocenters. The van der Waals surface area contributed by atoms with Crippen LogP contribution in [0.25, 0.3) is 0 Å². The lowest BCUT2D eigenvalue weighted by Gasteiger charge is -2.25. The molecule has 2 aliphatic rings. The zero-order valence-corrected chi connectivity index (χ0v) is 11.8. The van der Waals surface area contributed by atoms with E-state index in [0.29, 0.717) is 24.1 Å². The number of benzene rings is 1. The Bertz CT molecular complexity index is 479. The number of rotatable bonds is 5. The van der Waals surface area contributed by atoms with Crippen LogP contribution in [0, 0.1) is 5.92 Å². The summed E-state index contributed by atoms with van der Waals surface area (Å²) in [5, 5.41) is 0. The summed E-state index contributed by atoms with van der Waals surface area (Å²) in [6.07, 6.45) is 3.77. The average molecular weight is 274 g/mol. The Morgan fingerprint density at radius 2 is 2.10 bits per heavy atom. The third-order valence-electron chi connectivity index (χ3n) is 4.18. The van der Waals surface area contributed by atoms with Gasteiger partial charge >= 0.3 is 0 Å². The van der Waals surface area contributed by atoms with Gasteiger partial charge in [0.15, 0.2) is 0 Å². The summed E-state index contributed by atoms with van der Waals surface area (Å²) in [7, 11) is 0. The van der Waals surface area contributed by atoms with Crippen LogP contribution >= 0.6 is 0 Å². The van der Waals surface area contributed by atoms with E-state index in [-0.39, 0.29) is 5.91 Å². The highest BCUT2D eigenvalue weighted by atomic mass is 16.5. The minimum absolute atomic E-state index is 0.206. The van der Waals surface area contributed by atoms with Gasteiger partial charge in [0.2, 0.25) is 5.91 Å². The average Bonchev–Trinajstić information content (AvgIpc) is 3.15. The van der Waals surface area contributed by atoms with E-state index < -0.39 is 0 Å². The van der Waals surface area contributed by atoms with Gasteiger partial charge in [0, 0.05) is 30.8 Å². The van der Waals surface area contributed by atoms with Gasteiger partial charge in [-0.15, -0.1) is 0 Å². The second-order valence-corrected chi connectivity index (χ2v) is 5.88. The molecule has 4 nitrogen and oxygen atoms in total. The van der Waals surface area contributed by atoms with E-state index in [4.69, 9.17) is 10.5 Å². The number of nitrogen functional groups attached to an aromatic ring is 1. The van der Waals surface area contributed by atoms with E-state index in [2.05, 4.69) is 4.90 Å². The largest absolute Gasteiger partial charge is 0.398 e. The van der Waals surface area contributed by atoms with Crippen molar-refractivity contribution in [1.82, 2.24) is 4.90 Å². The summed E-state index contributed by atoms with van der Waals surface area (Å²) < 4.78 is 5.42. The van der Waals surface area contributed by atoms with Crippen LogP contribution in [0.1, 0.15) is 24.8 Å². The normalized spacial score (nSPS) is 21.9. The predicted molar refractivity (Wildman–Crippen MR) is 78.2 cm³/mol. The lowest BCUT2D eigenvalue weighted by atomic mass is 10.1. The van der Waals surface area contributed by atoms with E-state index >= 15 is 0 Å². The molecule has 108 valence electrons. The molecule has 2 N–H and O–H groups in total. The van der Waals surface area contributed by atoms with Gasteiger partial charge in [-0.1, -0.05) is 18.2 Å². The molecule has 0 radical (unpaired) electrons. The molecule has 4 heteroatoms. The Balaban J connectivity index is 1.64. The molecule has 1 amide bonds. The maximum Gasteiger partial charge on any atom is 0.227 e. The second kappa shape index (κ2) is 5.83. The second-order valence-electron chi connectivity index (χ2n) is 5.88. The van der Waals surface area contributed by atoms with E-state index in [0.717, 1.165) is 44.6 Å². The standard InChI is InChI=1S/C16H22N2O2/c17-15-4-2-1-3-13(15)9-16(19)18(14-5-6-14)10-12-7-8-20-11-12/h1-4,12,14H,5-11,17H2. The Morgan fingerprint density at radius 1 is 1.30 bits per heavy atom. The van der Waals surface area contributed by atoms with E-state index in [9.17, 15) is 4.79 Å². The summed E-state index contributed by atoms with van der Waals surface area (Å²) in [5.41, 5.74) is 7.58. The molecule has 1 aliphatic carbocycles. The Kier molecular flexibility index (Phi) is 3.92. The molecule has 1 saturated heterocycles. The van der Waals surface area contributed by atoms with Gasteiger partial charge in [0.1, 0.15) is 0 Å². The summed E-state index contributed by atoms with van der Waals surface area (Å²) in [6.45, 7) is 2.48. The van der Waals surface area contributed by atoms with Gasteiger partial charge in [-0.05, 0) is 30.9 Å². The van der Waals surface area contributed by atoms with Crippen LogP contribution in [0.5, 0.6) is 0 Å². The fourth-order valence-electron chi connectivity index (χ4n) is 2.81. The van der Waals surface area contributed by atoms with Gasteiger partial charge in [-0.2, -0.15) is 0 Å². The molecule has 1 atom stereocenters. The van der Waals surface area contributed by atoms with Crippen molar-refractivity contribution in [3.63, 3.8) is 0 Å². The minimum Gasteiger partial charge on any atom is -0.398 e. The zero-order valence-electron chi connectivity index (χ0n) is 11.8. The number of anilines is 1. The lowest BCUT2D eigenvalue weighted by Crippen LogP contribution is -2.38. The smallest absolute Gasteiger partial charge is 0.227 e. The zero-order chi connectivity index (χ0) is 13.9. The topological polar surface area (TPSA) is 55.6 Å². The Labute approximate surface area is 119 Å². The van der Waals surface area contributed by atoms with E-state index in [1.165, 1.54) is 0 Å². The van der Waals surface area contributed by atoms with Crippen molar-refractivity contribution >= 4 is 11.6 Å². The van der Waals surface area contributed by atoms with E-state index in [1.54, 1.807) is 0 Å². The van der Waals surface area contributed by atoms with Crippen molar-refractivity contribution in [3.8, 4) is 0 Å². The molecular formula is C16H22N2O2. The van der Waals surface area contributed by atoms with Gasteiger partial charge in [0.25, 0.3) is 0 Å². The lowest BCUT2D eigenvalue weighted by molar-refractivity contribution is -0.131. The monoisotopic (exact) mass is 274 g/mol. The number of nitrogens with zero attached hydrogens (tertiary/aromatic N) is 1. The summed E-state index contributed by atoms with van der Waals surface area (Å²) in [4.78, 5) is 14.6. The van der Waals surface area contributed by atoms with Crippen LogP contribution in [-0.4, -0.2) is 36.6 Å². The number of carbonyl (C=O) groups is 1. The van der Waals surface area contributed by atoms with Crippen LogP contribution in [0.2, 0.25) is 0 Å². The highest BCUT2D eigenvalue weighted by Gasteiger charge is 2.34. The molecule has 1 aliphatic heterocycles. The maximum atomic E-state index is 12.6. The number of carbonyl (C=O) groups excluding carboxylic acids is 1. The van der Waals surface area contributed by atoms with Crippen molar-refractivity contribution < 1.29 is 9.53 Å². The highest BCUT2D eigenvalue weighted by molar-refractivity contribution is 5.81. The van der Waals surface area contributed by atoms with Gasteiger partial charge in [-0.25, -0.2) is 0 Å². The Morgan fingerprint density at radius 3 is 2.75 bits per heavy atom. The van der Waals surface area contributed by atoms with Crippen LogP contribution < -0.4 is 5.73 Å². The fraction of sp³-hybridized carbons (Fsp3) is 0.562. The van der Waals surface area contributed by atoms with Gasteiger partial charge < -0.3 is 15.4 Å². The van der Waals surface area contributed by atoms with Crippen molar-refractivity contribution in [1.29, 1.82) is 0 Å². The van der Waals surface area contributed by atoms with Crippen molar-refractivity contribution in [2.75, 3.05) is 25.5 Å². The molecule has 0 bridgehead atoms. The van der Waals surface area contributed by atoms with Gasteiger partial charge in [0.05, 0.1) is 13.0 Å². The molecule has 1 saturated carbocycles. The molecule has 3 rings (SSSR count). The van der Waals surface area contributed by atoms with Crippen LogP contribution in [0.15, 0.2) is 24.3 Å². The molecule has 1 aromatic carbocycles. The van der Waals surface area contributed by atoms with Crippen molar-refractivity contribution in [2.24, 2.45) is 5.92 Å². The molecule has 2 fully saturated rings. The first-order chi connectivity index (χ1) is 9.74. The first-order valence-electron chi connectivity index (χ1n) is 7.44. The Hall–Kier alpha value is -1.55. The number of nitrogens with two attached hydrogens (primary N) is 1.